The first-order valence-electron chi connectivity index (χ1n) is 9.64. The third kappa shape index (κ3) is 3.22. The fourth-order valence-corrected chi connectivity index (χ4v) is 3.97. The minimum atomic E-state index is -0.348. The van der Waals surface area contributed by atoms with Gasteiger partial charge in [0.25, 0.3) is 11.6 Å². The van der Waals surface area contributed by atoms with E-state index in [0.717, 1.165) is 42.5 Å². The van der Waals surface area contributed by atoms with Gasteiger partial charge in [-0.3, -0.25) is 4.79 Å². The summed E-state index contributed by atoms with van der Waals surface area (Å²) >= 11 is 0. The van der Waals surface area contributed by atoms with Crippen LogP contribution in [0.2, 0.25) is 0 Å². The Kier molecular flexibility index (Phi) is 4.26. The van der Waals surface area contributed by atoms with Gasteiger partial charge in [0.2, 0.25) is 0 Å². The van der Waals surface area contributed by atoms with E-state index in [2.05, 4.69) is 17.1 Å². The van der Waals surface area contributed by atoms with Crippen molar-refractivity contribution < 1.29 is 14.1 Å². The predicted molar refractivity (Wildman–Crippen MR) is 98.3 cm³/mol. The Bertz CT molecular complexity index is 838. The van der Waals surface area contributed by atoms with E-state index in [1.807, 2.05) is 31.7 Å². The van der Waals surface area contributed by atoms with Crippen molar-refractivity contribution in [1.29, 1.82) is 0 Å². The Labute approximate surface area is 153 Å². The van der Waals surface area contributed by atoms with Crippen molar-refractivity contribution in [3.63, 3.8) is 0 Å². The maximum Gasteiger partial charge on any atom is 0.259 e. The SMILES string of the molecule is CCCc1noc2nc(C3CC3)cc(C(=O)N3CC(C)OC(C)(C)C3)c12. The van der Waals surface area contributed by atoms with Crippen LogP contribution in [0.1, 0.15) is 74.6 Å². The van der Waals surface area contributed by atoms with E-state index >= 15 is 0 Å². The van der Waals surface area contributed by atoms with Crippen LogP contribution in [0.15, 0.2) is 10.6 Å². The maximum absolute atomic E-state index is 13.5. The number of carbonyl (C=O) groups is 1. The average molecular weight is 357 g/mol. The monoisotopic (exact) mass is 357 g/mol. The zero-order valence-electron chi connectivity index (χ0n) is 16.0. The predicted octanol–water partition coefficient (Wildman–Crippen LogP) is 3.69. The Morgan fingerprint density at radius 1 is 1.38 bits per heavy atom. The molecule has 1 aliphatic heterocycles. The van der Waals surface area contributed by atoms with E-state index in [0.29, 0.717) is 30.3 Å². The van der Waals surface area contributed by atoms with Gasteiger partial charge in [0, 0.05) is 24.7 Å². The highest BCUT2D eigenvalue weighted by molar-refractivity contribution is 6.06. The smallest absolute Gasteiger partial charge is 0.259 e. The number of aromatic nitrogens is 2. The van der Waals surface area contributed by atoms with Crippen molar-refractivity contribution in [3.05, 3.63) is 23.0 Å². The Hall–Kier alpha value is -1.95. The molecule has 2 fully saturated rings. The first-order chi connectivity index (χ1) is 12.4. The molecule has 2 aliphatic rings. The number of hydrogen-bond donors (Lipinski definition) is 0. The maximum atomic E-state index is 13.5. The number of amides is 1. The molecule has 1 unspecified atom stereocenters. The summed E-state index contributed by atoms with van der Waals surface area (Å²) in [6.45, 7) is 9.35. The normalized spacial score (nSPS) is 22.8. The molecule has 3 heterocycles. The highest BCUT2D eigenvalue weighted by Gasteiger charge is 2.36. The molecule has 6 nitrogen and oxygen atoms in total. The number of carbonyl (C=O) groups excluding carboxylic acids is 1. The molecule has 0 spiro atoms. The fourth-order valence-electron chi connectivity index (χ4n) is 3.97. The Balaban J connectivity index is 1.78. The van der Waals surface area contributed by atoms with Crippen LogP contribution >= 0.6 is 0 Å². The van der Waals surface area contributed by atoms with Gasteiger partial charge in [0.05, 0.1) is 28.3 Å². The number of rotatable bonds is 4. The van der Waals surface area contributed by atoms with Crippen LogP contribution in [0.25, 0.3) is 11.1 Å². The fraction of sp³-hybridized carbons (Fsp3) is 0.650. The number of fused-ring (bicyclic) bond motifs is 1. The molecule has 1 atom stereocenters. The van der Waals surface area contributed by atoms with Crippen LogP contribution < -0.4 is 0 Å². The average Bonchev–Trinajstić information content (AvgIpc) is 3.34. The first-order valence-corrected chi connectivity index (χ1v) is 9.64. The Morgan fingerprint density at radius 3 is 2.81 bits per heavy atom. The Morgan fingerprint density at radius 2 is 2.15 bits per heavy atom. The van der Waals surface area contributed by atoms with Gasteiger partial charge in [-0.25, -0.2) is 4.98 Å². The minimum Gasteiger partial charge on any atom is -0.369 e. The number of nitrogens with zero attached hydrogens (tertiary/aromatic N) is 3. The molecule has 0 N–H and O–H groups in total. The second-order valence-corrected chi connectivity index (χ2v) is 8.30. The molecule has 2 aromatic rings. The van der Waals surface area contributed by atoms with Gasteiger partial charge >= 0.3 is 0 Å². The van der Waals surface area contributed by atoms with Gasteiger partial charge in [0.1, 0.15) is 0 Å². The molecule has 0 bridgehead atoms. The molecule has 0 radical (unpaired) electrons. The zero-order chi connectivity index (χ0) is 18.5. The molecule has 140 valence electrons. The molecule has 1 saturated carbocycles. The number of hydrogen-bond acceptors (Lipinski definition) is 5. The molecule has 0 aromatic carbocycles. The topological polar surface area (TPSA) is 68.5 Å². The summed E-state index contributed by atoms with van der Waals surface area (Å²) in [5.41, 5.74) is 2.63. The number of morpholine rings is 1. The van der Waals surface area contributed by atoms with Crippen molar-refractivity contribution in [3.8, 4) is 0 Å². The molecular formula is C20H27N3O3. The van der Waals surface area contributed by atoms with E-state index in [-0.39, 0.29) is 17.6 Å². The van der Waals surface area contributed by atoms with Crippen molar-refractivity contribution in [2.45, 2.75) is 71.0 Å². The van der Waals surface area contributed by atoms with Gasteiger partial charge < -0.3 is 14.2 Å². The summed E-state index contributed by atoms with van der Waals surface area (Å²) in [6.07, 6.45) is 4.00. The lowest BCUT2D eigenvalue weighted by molar-refractivity contribution is -0.118. The summed E-state index contributed by atoms with van der Waals surface area (Å²) in [5, 5.41) is 4.99. The molecule has 6 heteroatoms. The highest BCUT2D eigenvalue weighted by Crippen LogP contribution is 2.41. The number of aryl methyl sites for hydroxylation is 1. The van der Waals surface area contributed by atoms with Crippen LogP contribution in [0.5, 0.6) is 0 Å². The lowest BCUT2D eigenvalue weighted by Crippen LogP contribution is -2.53. The number of ether oxygens (including phenoxy) is 1. The van der Waals surface area contributed by atoms with Crippen molar-refractivity contribution in [2.24, 2.45) is 0 Å². The lowest BCUT2D eigenvalue weighted by Gasteiger charge is -2.41. The quantitative estimate of drug-likeness (QED) is 0.835. The highest BCUT2D eigenvalue weighted by atomic mass is 16.5. The molecule has 4 rings (SSSR count). The van der Waals surface area contributed by atoms with Gasteiger partial charge in [-0.15, -0.1) is 0 Å². The third-order valence-corrected chi connectivity index (χ3v) is 5.11. The van der Waals surface area contributed by atoms with Crippen LogP contribution in [0.4, 0.5) is 0 Å². The lowest BCUT2D eigenvalue weighted by atomic mass is 10.0. The molecule has 1 amide bonds. The summed E-state index contributed by atoms with van der Waals surface area (Å²) in [6, 6.07) is 1.98. The zero-order valence-corrected chi connectivity index (χ0v) is 16.0. The number of pyridine rings is 1. The van der Waals surface area contributed by atoms with Crippen molar-refractivity contribution in [2.75, 3.05) is 13.1 Å². The molecule has 1 aliphatic carbocycles. The molecular weight excluding hydrogens is 330 g/mol. The van der Waals surface area contributed by atoms with E-state index in [1.54, 1.807) is 0 Å². The molecule has 1 saturated heterocycles. The summed E-state index contributed by atoms with van der Waals surface area (Å²) in [4.78, 5) is 20.0. The standard InChI is InChI=1S/C20H27N3O3/c1-5-6-15-17-14(9-16(13-7-8-13)21-18(17)26-22-15)19(24)23-10-12(2)25-20(3,4)11-23/h9,12-13H,5-8,10-11H2,1-4H3. The largest absolute Gasteiger partial charge is 0.369 e. The van der Waals surface area contributed by atoms with E-state index in [1.165, 1.54) is 0 Å². The van der Waals surface area contributed by atoms with Gasteiger partial charge in [-0.05, 0) is 46.1 Å². The van der Waals surface area contributed by atoms with E-state index < -0.39 is 0 Å². The summed E-state index contributed by atoms with van der Waals surface area (Å²) in [7, 11) is 0. The second-order valence-electron chi connectivity index (χ2n) is 8.30. The van der Waals surface area contributed by atoms with Crippen LogP contribution in [0.3, 0.4) is 0 Å². The van der Waals surface area contributed by atoms with E-state index in [4.69, 9.17) is 9.26 Å². The molecule has 2 aromatic heterocycles. The summed E-state index contributed by atoms with van der Waals surface area (Å²) in [5.74, 6) is 0.480. The van der Waals surface area contributed by atoms with Gasteiger partial charge in [-0.2, -0.15) is 0 Å². The van der Waals surface area contributed by atoms with Crippen molar-refractivity contribution in [1.82, 2.24) is 15.0 Å². The molecule has 26 heavy (non-hydrogen) atoms. The van der Waals surface area contributed by atoms with E-state index in [9.17, 15) is 4.79 Å². The minimum absolute atomic E-state index is 0.0144. The second kappa shape index (κ2) is 6.34. The van der Waals surface area contributed by atoms with Crippen molar-refractivity contribution >= 4 is 17.0 Å². The summed E-state index contributed by atoms with van der Waals surface area (Å²) < 4.78 is 11.5. The van der Waals surface area contributed by atoms with Gasteiger partial charge in [0.15, 0.2) is 0 Å². The first kappa shape index (κ1) is 17.5. The van der Waals surface area contributed by atoms with Crippen LogP contribution in [-0.2, 0) is 11.2 Å². The van der Waals surface area contributed by atoms with Crippen LogP contribution in [0, 0.1) is 0 Å². The third-order valence-electron chi connectivity index (χ3n) is 5.11. The van der Waals surface area contributed by atoms with Gasteiger partial charge in [-0.1, -0.05) is 18.5 Å². The van der Waals surface area contributed by atoms with Crippen LogP contribution in [-0.4, -0.2) is 45.7 Å².